The van der Waals surface area contributed by atoms with Gasteiger partial charge in [0.05, 0.1) is 29.7 Å². The van der Waals surface area contributed by atoms with Gasteiger partial charge in [-0.3, -0.25) is 4.79 Å². The summed E-state index contributed by atoms with van der Waals surface area (Å²) in [6, 6.07) is 22.2. The van der Waals surface area contributed by atoms with E-state index in [0.29, 0.717) is 29.2 Å². The van der Waals surface area contributed by atoms with Gasteiger partial charge in [-0.1, -0.05) is 36.4 Å². The number of sulfonamides is 1. The molecule has 33 heavy (non-hydrogen) atoms. The molecule has 0 bridgehead atoms. The van der Waals surface area contributed by atoms with Crippen LogP contribution < -0.4 is 10.1 Å². The number of nitriles is 1. The maximum absolute atomic E-state index is 13.5. The molecule has 0 heterocycles. The maximum Gasteiger partial charge on any atom is 0.243 e. The molecule has 0 aromatic heterocycles. The molecule has 7 nitrogen and oxygen atoms in total. The number of nitrogens with one attached hydrogen (secondary N) is 1. The molecule has 0 unspecified atom stereocenters. The summed E-state index contributed by atoms with van der Waals surface area (Å²) >= 11 is 0. The molecule has 3 aromatic rings. The van der Waals surface area contributed by atoms with Gasteiger partial charge in [-0.05, 0) is 61.4 Å². The second-order valence-corrected chi connectivity index (χ2v) is 9.30. The Kier molecular flexibility index (Phi) is 7.83. The Bertz CT molecular complexity index is 1270. The van der Waals surface area contributed by atoms with E-state index in [1.807, 2.05) is 31.2 Å². The number of aryl methyl sites for hydroxylation is 1. The summed E-state index contributed by atoms with van der Waals surface area (Å²) in [5.41, 5.74) is 2.26. The van der Waals surface area contributed by atoms with Gasteiger partial charge in [-0.25, -0.2) is 8.42 Å². The zero-order valence-corrected chi connectivity index (χ0v) is 19.3. The molecule has 0 radical (unpaired) electrons. The first-order valence-corrected chi connectivity index (χ1v) is 11.8. The fourth-order valence-corrected chi connectivity index (χ4v) is 4.76. The molecule has 0 aliphatic carbocycles. The molecule has 170 valence electrons. The smallest absolute Gasteiger partial charge is 0.243 e. The van der Waals surface area contributed by atoms with Crippen LogP contribution in [0.15, 0.2) is 77.7 Å². The van der Waals surface area contributed by atoms with Crippen LogP contribution >= 0.6 is 0 Å². The molecular weight excluding hydrogens is 438 g/mol. The lowest BCUT2D eigenvalue weighted by molar-refractivity contribution is -0.116. The number of hydrogen-bond donors (Lipinski definition) is 1. The van der Waals surface area contributed by atoms with E-state index in [1.165, 1.54) is 12.1 Å². The van der Waals surface area contributed by atoms with Gasteiger partial charge in [0.15, 0.2) is 0 Å². The fourth-order valence-electron chi connectivity index (χ4n) is 3.29. The predicted octanol–water partition coefficient (Wildman–Crippen LogP) is 4.10. The van der Waals surface area contributed by atoms with Crippen LogP contribution in [0.3, 0.4) is 0 Å². The normalized spacial score (nSPS) is 11.1. The Balaban J connectivity index is 1.89. The van der Waals surface area contributed by atoms with Crippen molar-refractivity contribution >= 4 is 21.6 Å². The van der Waals surface area contributed by atoms with Crippen molar-refractivity contribution in [3.05, 3.63) is 89.5 Å². The Hall–Kier alpha value is -3.67. The predicted molar refractivity (Wildman–Crippen MR) is 126 cm³/mol. The molecule has 0 aliphatic rings. The first-order chi connectivity index (χ1) is 15.8. The van der Waals surface area contributed by atoms with Crippen LogP contribution in [0.1, 0.15) is 23.6 Å². The third-order valence-electron chi connectivity index (χ3n) is 4.88. The van der Waals surface area contributed by atoms with Crippen molar-refractivity contribution in [2.24, 2.45) is 0 Å². The first-order valence-electron chi connectivity index (χ1n) is 10.4. The van der Waals surface area contributed by atoms with E-state index in [2.05, 4.69) is 5.32 Å². The molecule has 0 spiro atoms. The monoisotopic (exact) mass is 463 g/mol. The first kappa shape index (κ1) is 24.0. The summed E-state index contributed by atoms with van der Waals surface area (Å²) in [4.78, 5) is 12.9. The second kappa shape index (κ2) is 10.8. The van der Waals surface area contributed by atoms with Crippen LogP contribution in [0.4, 0.5) is 5.69 Å². The van der Waals surface area contributed by atoms with Gasteiger partial charge in [0.25, 0.3) is 0 Å². The minimum atomic E-state index is -3.99. The molecule has 1 amide bonds. The zero-order chi connectivity index (χ0) is 23.8. The van der Waals surface area contributed by atoms with E-state index < -0.39 is 15.9 Å². The number of anilines is 1. The standard InChI is InChI=1S/C25H25N3O4S/c1-3-32-24-13-12-23(14-19(24)2)33(30,31)28(17-20-8-5-4-6-9-20)18-25(29)27-22-11-7-10-21(15-22)16-26/h4-15H,3,17-18H2,1-2H3,(H,27,29). The van der Waals surface area contributed by atoms with Crippen LogP contribution in [0.2, 0.25) is 0 Å². The number of hydrogen-bond acceptors (Lipinski definition) is 5. The highest BCUT2D eigenvalue weighted by Crippen LogP contribution is 2.25. The maximum atomic E-state index is 13.5. The van der Waals surface area contributed by atoms with E-state index in [4.69, 9.17) is 10.00 Å². The number of ether oxygens (including phenoxy) is 1. The highest BCUT2D eigenvalue weighted by atomic mass is 32.2. The molecule has 0 saturated carbocycles. The highest BCUT2D eigenvalue weighted by Gasteiger charge is 2.27. The number of nitrogens with zero attached hydrogens (tertiary/aromatic N) is 2. The molecule has 0 aliphatic heterocycles. The average molecular weight is 464 g/mol. The van der Waals surface area contributed by atoms with Crippen molar-refractivity contribution in [1.29, 1.82) is 5.26 Å². The van der Waals surface area contributed by atoms with Gasteiger partial charge < -0.3 is 10.1 Å². The quantitative estimate of drug-likeness (QED) is 0.515. The van der Waals surface area contributed by atoms with Crippen molar-refractivity contribution in [3.8, 4) is 11.8 Å². The van der Waals surface area contributed by atoms with Crippen LogP contribution in [-0.4, -0.2) is 31.8 Å². The molecule has 1 N–H and O–H groups in total. The van der Waals surface area contributed by atoms with Gasteiger partial charge in [0.1, 0.15) is 5.75 Å². The molecule has 3 aromatic carbocycles. The van der Waals surface area contributed by atoms with Crippen molar-refractivity contribution in [3.63, 3.8) is 0 Å². The Morgan fingerprint density at radius 2 is 1.82 bits per heavy atom. The summed E-state index contributed by atoms with van der Waals surface area (Å²) in [5.74, 6) is 0.105. The number of benzene rings is 3. The molecule has 3 rings (SSSR count). The molecule has 0 atom stereocenters. The third-order valence-corrected chi connectivity index (χ3v) is 6.67. The molecule has 0 fully saturated rings. The van der Waals surface area contributed by atoms with Crippen LogP contribution in [0.5, 0.6) is 5.75 Å². The number of carbonyl (C=O) groups excluding carboxylic acids is 1. The van der Waals surface area contributed by atoms with Gasteiger partial charge in [-0.2, -0.15) is 9.57 Å². The van der Waals surface area contributed by atoms with Crippen LogP contribution in [-0.2, 0) is 21.4 Å². The van der Waals surface area contributed by atoms with E-state index in [-0.39, 0.29) is 18.0 Å². The number of rotatable bonds is 9. The largest absolute Gasteiger partial charge is 0.494 e. The van der Waals surface area contributed by atoms with E-state index in [1.54, 1.807) is 49.4 Å². The van der Waals surface area contributed by atoms with Gasteiger partial charge in [0, 0.05) is 12.2 Å². The van der Waals surface area contributed by atoms with Gasteiger partial charge in [0.2, 0.25) is 15.9 Å². The Morgan fingerprint density at radius 1 is 1.06 bits per heavy atom. The second-order valence-electron chi connectivity index (χ2n) is 7.36. The summed E-state index contributed by atoms with van der Waals surface area (Å²) in [6.07, 6.45) is 0. The lowest BCUT2D eigenvalue weighted by atomic mass is 10.2. The lowest BCUT2D eigenvalue weighted by Crippen LogP contribution is -2.37. The molecular formula is C25H25N3O4S. The van der Waals surface area contributed by atoms with Gasteiger partial charge in [-0.15, -0.1) is 0 Å². The minimum absolute atomic E-state index is 0.0289. The Labute approximate surface area is 194 Å². The van der Waals surface area contributed by atoms with Crippen LogP contribution in [0.25, 0.3) is 0 Å². The van der Waals surface area contributed by atoms with Crippen molar-refractivity contribution in [1.82, 2.24) is 4.31 Å². The SMILES string of the molecule is CCOc1ccc(S(=O)(=O)N(CC(=O)Nc2cccc(C#N)c2)Cc2ccccc2)cc1C. The molecule has 0 saturated heterocycles. The van der Waals surface area contributed by atoms with Crippen LogP contribution in [0, 0.1) is 18.3 Å². The lowest BCUT2D eigenvalue weighted by Gasteiger charge is -2.22. The van der Waals surface area contributed by atoms with E-state index >= 15 is 0 Å². The highest BCUT2D eigenvalue weighted by molar-refractivity contribution is 7.89. The molecule has 8 heteroatoms. The van der Waals surface area contributed by atoms with Crippen molar-refractivity contribution in [2.45, 2.75) is 25.3 Å². The summed E-state index contributed by atoms with van der Waals surface area (Å²) in [6.45, 7) is 3.75. The summed E-state index contributed by atoms with van der Waals surface area (Å²) in [5, 5.41) is 11.7. The van der Waals surface area contributed by atoms with E-state index in [0.717, 1.165) is 9.87 Å². The van der Waals surface area contributed by atoms with Crippen molar-refractivity contribution < 1.29 is 17.9 Å². The zero-order valence-electron chi connectivity index (χ0n) is 18.5. The van der Waals surface area contributed by atoms with Gasteiger partial charge >= 0.3 is 0 Å². The minimum Gasteiger partial charge on any atom is -0.494 e. The Morgan fingerprint density at radius 3 is 2.48 bits per heavy atom. The fraction of sp³-hybridized carbons (Fsp3) is 0.200. The average Bonchev–Trinajstić information content (AvgIpc) is 2.80. The number of carbonyl (C=O) groups is 1. The summed E-state index contributed by atoms with van der Waals surface area (Å²) in [7, 11) is -3.99. The van der Waals surface area contributed by atoms with Crippen molar-refractivity contribution in [2.75, 3.05) is 18.5 Å². The van der Waals surface area contributed by atoms with E-state index in [9.17, 15) is 13.2 Å². The summed E-state index contributed by atoms with van der Waals surface area (Å²) < 4.78 is 33.7. The third kappa shape index (κ3) is 6.19. The topological polar surface area (TPSA) is 99.5 Å². The number of amides is 1.